The zero-order valence-electron chi connectivity index (χ0n) is 10.7. The highest BCUT2D eigenvalue weighted by molar-refractivity contribution is 9.10. The molecule has 1 unspecified atom stereocenters. The summed E-state index contributed by atoms with van der Waals surface area (Å²) in [4.78, 5) is 0.0366. The first kappa shape index (κ1) is 14.9. The number of hydrogen-bond acceptors (Lipinski definition) is 4. The standard InChI is InChI=1S/C12H14BrFO4S/c1-17-12(18-2)10(14)6-7-8(13)4-5-9(11(7)12)19(3,15)16/h4-5,10H,6H2,1-3H3. The Balaban J connectivity index is 2.85. The number of sulfone groups is 1. The largest absolute Gasteiger partial charge is 0.347 e. The van der Waals surface area contributed by atoms with Gasteiger partial charge in [-0.1, -0.05) is 15.9 Å². The summed E-state index contributed by atoms with van der Waals surface area (Å²) in [7, 11) is -0.900. The molecule has 0 radical (unpaired) electrons. The summed E-state index contributed by atoms with van der Waals surface area (Å²) in [5.41, 5.74) is 0.820. The van der Waals surface area contributed by atoms with E-state index in [4.69, 9.17) is 9.47 Å². The van der Waals surface area contributed by atoms with Crippen LogP contribution in [0.3, 0.4) is 0 Å². The van der Waals surface area contributed by atoms with Gasteiger partial charge in [-0.05, 0) is 17.7 Å². The van der Waals surface area contributed by atoms with Crippen LogP contribution in [0.2, 0.25) is 0 Å². The van der Waals surface area contributed by atoms with E-state index in [0.29, 0.717) is 10.0 Å². The molecule has 0 aromatic heterocycles. The first-order chi connectivity index (χ1) is 8.78. The maximum absolute atomic E-state index is 14.3. The average molecular weight is 353 g/mol. The molecule has 1 atom stereocenters. The van der Waals surface area contributed by atoms with Crippen molar-refractivity contribution < 1.29 is 22.3 Å². The van der Waals surface area contributed by atoms with Gasteiger partial charge in [0.15, 0.2) is 16.0 Å². The van der Waals surface area contributed by atoms with Crippen LogP contribution in [0.1, 0.15) is 11.1 Å². The Labute approximate surface area is 120 Å². The van der Waals surface area contributed by atoms with E-state index < -0.39 is 21.8 Å². The Hall–Kier alpha value is -0.500. The van der Waals surface area contributed by atoms with E-state index in [1.165, 1.54) is 20.3 Å². The minimum atomic E-state index is -3.51. The predicted molar refractivity (Wildman–Crippen MR) is 71.5 cm³/mol. The van der Waals surface area contributed by atoms with E-state index in [1.54, 1.807) is 6.07 Å². The second kappa shape index (κ2) is 4.80. The molecule has 0 saturated carbocycles. The van der Waals surface area contributed by atoms with Crippen molar-refractivity contribution >= 4 is 25.8 Å². The lowest BCUT2D eigenvalue weighted by atomic mass is 10.1. The molecular formula is C12H14BrFO4S. The van der Waals surface area contributed by atoms with Crippen LogP contribution in [0.25, 0.3) is 0 Å². The van der Waals surface area contributed by atoms with Gasteiger partial charge in [-0.15, -0.1) is 0 Å². The summed E-state index contributed by atoms with van der Waals surface area (Å²) in [5.74, 6) is -1.67. The van der Waals surface area contributed by atoms with Crippen molar-refractivity contribution in [2.45, 2.75) is 23.3 Å². The van der Waals surface area contributed by atoms with Gasteiger partial charge in [-0.25, -0.2) is 12.8 Å². The topological polar surface area (TPSA) is 52.6 Å². The first-order valence-electron chi connectivity index (χ1n) is 5.54. The molecule has 4 nitrogen and oxygen atoms in total. The zero-order valence-corrected chi connectivity index (χ0v) is 13.1. The Morgan fingerprint density at radius 2 is 1.95 bits per heavy atom. The van der Waals surface area contributed by atoms with Gasteiger partial charge in [0.1, 0.15) is 0 Å². The smallest absolute Gasteiger partial charge is 0.228 e. The number of alkyl halides is 1. The number of halogens is 2. The van der Waals surface area contributed by atoms with E-state index >= 15 is 0 Å². The van der Waals surface area contributed by atoms with Crippen LogP contribution in [0.15, 0.2) is 21.5 Å². The van der Waals surface area contributed by atoms with E-state index in [0.717, 1.165) is 6.26 Å². The molecule has 0 aliphatic heterocycles. The number of ether oxygens (including phenoxy) is 2. The third-order valence-electron chi connectivity index (χ3n) is 3.37. The van der Waals surface area contributed by atoms with Gasteiger partial charge in [0, 0.05) is 36.9 Å². The Bertz CT molecular complexity index is 610. The summed E-state index contributed by atoms with van der Waals surface area (Å²) in [6.07, 6.45) is -0.337. The van der Waals surface area contributed by atoms with Crippen molar-refractivity contribution in [2.24, 2.45) is 0 Å². The lowest BCUT2D eigenvalue weighted by molar-refractivity contribution is -0.246. The van der Waals surface area contributed by atoms with Crippen molar-refractivity contribution in [1.82, 2.24) is 0 Å². The molecule has 106 valence electrons. The fraction of sp³-hybridized carbons (Fsp3) is 0.500. The molecule has 0 fully saturated rings. The summed E-state index contributed by atoms with van der Waals surface area (Å²) in [6.45, 7) is 0. The van der Waals surface area contributed by atoms with Crippen LogP contribution in [0.5, 0.6) is 0 Å². The lowest BCUT2D eigenvalue weighted by Gasteiger charge is -2.30. The third kappa shape index (κ3) is 2.12. The molecule has 7 heteroatoms. The van der Waals surface area contributed by atoms with Crippen LogP contribution in [-0.2, 0) is 31.5 Å². The Morgan fingerprint density at radius 1 is 1.37 bits per heavy atom. The van der Waals surface area contributed by atoms with Crippen LogP contribution >= 0.6 is 15.9 Å². The molecule has 1 aromatic carbocycles. The van der Waals surface area contributed by atoms with Crippen molar-refractivity contribution in [3.63, 3.8) is 0 Å². The normalized spacial score (nSPS) is 21.4. The molecule has 2 rings (SSSR count). The minimum absolute atomic E-state index is 0.0366. The van der Waals surface area contributed by atoms with Gasteiger partial charge in [0.05, 0.1) is 4.90 Å². The fourth-order valence-electron chi connectivity index (χ4n) is 2.50. The number of rotatable bonds is 3. The highest BCUT2D eigenvalue weighted by Gasteiger charge is 2.52. The molecule has 1 aliphatic carbocycles. The highest BCUT2D eigenvalue weighted by Crippen LogP contribution is 2.47. The number of methoxy groups -OCH3 is 2. The molecule has 0 amide bonds. The van der Waals surface area contributed by atoms with Gasteiger partial charge in [-0.3, -0.25) is 0 Å². The van der Waals surface area contributed by atoms with Gasteiger partial charge >= 0.3 is 0 Å². The summed E-state index contributed by atoms with van der Waals surface area (Å²) < 4.78 is 49.1. The molecule has 0 spiro atoms. The monoisotopic (exact) mass is 352 g/mol. The molecule has 0 saturated heterocycles. The molecule has 1 aliphatic rings. The first-order valence-corrected chi connectivity index (χ1v) is 8.22. The van der Waals surface area contributed by atoms with Crippen LogP contribution in [0.4, 0.5) is 4.39 Å². The molecule has 0 bridgehead atoms. The van der Waals surface area contributed by atoms with Gasteiger partial charge in [-0.2, -0.15) is 0 Å². The molecular weight excluding hydrogens is 339 g/mol. The Kier molecular flexibility index (Phi) is 3.77. The van der Waals surface area contributed by atoms with E-state index in [9.17, 15) is 12.8 Å². The van der Waals surface area contributed by atoms with Gasteiger partial charge < -0.3 is 9.47 Å². The summed E-state index contributed by atoms with van der Waals surface area (Å²) >= 11 is 3.31. The van der Waals surface area contributed by atoms with Crippen molar-refractivity contribution in [1.29, 1.82) is 0 Å². The number of fused-ring (bicyclic) bond motifs is 1. The van der Waals surface area contributed by atoms with E-state index in [2.05, 4.69) is 15.9 Å². The number of benzene rings is 1. The van der Waals surface area contributed by atoms with E-state index in [-0.39, 0.29) is 16.9 Å². The van der Waals surface area contributed by atoms with Crippen molar-refractivity contribution in [2.75, 3.05) is 20.5 Å². The third-order valence-corrected chi connectivity index (χ3v) is 5.25. The van der Waals surface area contributed by atoms with Crippen molar-refractivity contribution in [3.8, 4) is 0 Å². The predicted octanol–water partition coefficient (Wildman–Crippen LogP) is 2.19. The van der Waals surface area contributed by atoms with Crippen LogP contribution < -0.4 is 0 Å². The zero-order chi connectivity index (χ0) is 14.4. The maximum atomic E-state index is 14.3. The molecule has 0 N–H and O–H groups in total. The fourth-order valence-corrected chi connectivity index (χ4v) is 3.95. The highest BCUT2D eigenvalue weighted by atomic mass is 79.9. The molecule has 0 heterocycles. The van der Waals surface area contributed by atoms with Gasteiger partial charge in [0.25, 0.3) is 0 Å². The quantitative estimate of drug-likeness (QED) is 0.782. The van der Waals surface area contributed by atoms with Crippen LogP contribution in [0, 0.1) is 0 Å². The molecule has 19 heavy (non-hydrogen) atoms. The van der Waals surface area contributed by atoms with Gasteiger partial charge in [0.2, 0.25) is 5.79 Å². The van der Waals surface area contributed by atoms with E-state index in [1.807, 2.05) is 0 Å². The Morgan fingerprint density at radius 3 is 2.42 bits per heavy atom. The number of hydrogen-bond donors (Lipinski definition) is 0. The second-order valence-corrected chi connectivity index (χ2v) is 7.26. The summed E-state index contributed by atoms with van der Waals surface area (Å²) in [5, 5.41) is 0. The van der Waals surface area contributed by atoms with Crippen LogP contribution in [-0.4, -0.2) is 35.1 Å². The summed E-state index contributed by atoms with van der Waals surface area (Å²) in [6, 6.07) is 3.03. The molecule has 1 aromatic rings. The second-order valence-electron chi connectivity index (χ2n) is 4.42. The maximum Gasteiger partial charge on any atom is 0.228 e. The minimum Gasteiger partial charge on any atom is -0.347 e. The SMILES string of the molecule is COC1(OC)c2c(S(C)(=O)=O)ccc(Br)c2CC1F. The van der Waals surface area contributed by atoms with Crippen molar-refractivity contribution in [3.05, 3.63) is 27.7 Å². The lowest BCUT2D eigenvalue weighted by Crippen LogP contribution is -2.38. The average Bonchev–Trinajstić information content (AvgIpc) is 2.62.